The maximum absolute atomic E-state index is 12.4. The van der Waals surface area contributed by atoms with Gasteiger partial charge in [-0.05, 0) is 11.0 Å². The zero-order valence-corrected chi connectivity index (χ0v) is 11.8. The minimum Gasteiger partial charge on any atom is -0.467 e. The van der Waals surface area contributed by atoms with Crippen molar-refractivity contribution in [2.75, 3.05) is 7.11 Å². The molecule has 0 unspecified atom stereocenters. The molecule has 4 nitrogen and oxygen atoms in total. The van der Waals surface area contributed by atoms with E-state index in [0.717, 1.165) is 5.56 Å². The van der Waals surface area contributed by atoms with E-state index >= 15 is 0 Å². The number of carbonyl (C=O) groups is 1. The van der Waals surface area contributed by atoms with E-state index < -0.39 is 5.54 Å². The van der Waals surface area contributed by atoms with Gasteiger partial charge in [-0.2, -0.15) is 0 Å². The van der Waals surface area contributed by atoms with Crippen LogP contribution in [0.4, 0.5) is 0 Å². The number of carbonyl (C=O) groups excluding carboxylic acids is 1. The third kappa shape index (κ3) is 2.11. The molecular formula is C15H20N2O2. The standard InChI is InChI=1S/C15H20N2O2/c1-14(2,3)12-15(13(18)19-4,17-10-16-12)11-8-6-5-7-9-11/h5-10,12H,1-4H3,(H,16,17)/t12-,15+/m1/s1. The van der Waals surface area contributed by atoms with Gasteiger partial charge in [0.1, 0.15) is 0 Å². The van der Waals surface area contributed by atoms with Gasteiger partial charge in [0.05, 0.1) is 19.5 Å². The van der Waals surface area contributed by atoms with Gasteiger partial charge in [-0.15, -0.1) is 0 Å². The van der Waals surface area contributed by atoms with Gasteiger partial charge in [-0.1, -0.05) is 51.1 Å². The minimum absolute atomic E-state index is 0.163. The summed E-state index contributed by atoms with van der Waals surface area (Å²) in [6, 6.07) is 9.40. The molecule has 1 aliphatic heterocycles. The van der Waals surface area contributed by atoms with E-state index in [4.69, 9.17) is 4.74 Å². The Morgan fingerprint density at radius 3 is 2.47 bits per heavy atom. The number of hydrogen-bond acceptors (Lipinski definition) is 4. The van der Waals surface area contributed by atoms with Crippen molar-refractivity contribution in [1.82, 2.24) is 5.32 Å². The number of methoxy groups -OCH3 is 1. The molecule has 0 radical (unpaired) electrons. The molecule has 102 valence electrons. The lowest BCUT2D eigenvalue weighted by molar-refractivity contribution is -0.150. The summed E-state index contributed by atoms with van der Waals surface area (Å²) in [5.74, 6) is -0.309. The van der Waals surface area contributed by atoms with Crippen molar-refractivity contribution in [2.24, 2.45) is 10.4 Å². The van der Waals surface area contributed by atoms with Crippen LogP contribution >= 0.6 is 0 Å². The first-order chi connectivity index (χ1) is 8.93. The van der Waals surface area contributed by atoms with Crippen LogP contribution in [0.25, 0.3) is 0 Å². The van der Waals surface area contributed by atoms with E-state index in [2.05, 4.69) is 31.1 Å². The maximum Gasteiger partial charge on any atom is 0.338 e. The summed E-state index contributed by atoms with van der Waals surface area (Å²) in [6.07, 6.45) is 1.61. The van der Waals surface area contributed by atoms with E-state index in [0.29, 0.717) is 0 Å². The van der Waals surface area contributed by atoms with Crippen LogP contribution in [0.3, 0.4) is 0 Å². The van der Waals surface area contributed by atoms with Gasteiger partial charge in [0.2, 0.25) is 0 Å². The molecule has 2 rings (SSSR count). The monoisotopic (exact) mass is 260 g/mol. The van der Waals surface area contributed by atoms with Crippen molar-refractivity contribution >= 4 is 12.3 Å². The van der Waals surface area contributed by atoms with Gasteiger partial charge < -0.3 is 10.1 Å². The number of hydrogen-bond donors (Lipinski definition) is 1. The van der Waals surface area contributed by atoms with E-state index in [1.165, 1.54) is 7.11 Å². The Balaban J connectivity index is 2.57. The predicted molar refractivity (Wildman–Crippen MR) is 75.0 cm³/mol. The predicted octanol–water partition coefficient (Wildman–Crippen LogP) is 2.10. The number of nitrogens with zero attached hydrogens (tertiary/aromatic N) is 1. The molecule has 4 heteroatoms. The molecule has 0 aromatic heterocycles. The second-order valence-electron chi connectivity index (χ2n) is 5.86. The Labute approximate surface area is 113 Å². The molecule has 1 aromatic rings. The van der Waals surface area contributed by atoms with Crippen LogP contribution in [0, 0.1) is 5.41 Å². The molecule has 1 aliphatic rings. The minimum atomic E-state index is -0.936. The first-order valence-corrected chi connectivity index (χ1v) is 6.36. The van der Waals surface area contributed by atoms with Gasteiger partial charge in [0, 0.05) is 0 Å². The van der Waals surface area contributed by atoms with Crippen LogP contribution < -0.4 is 5.32 Å². The molecule has 1 heterocycles. The lowest BCUT2D eigenvalue weighted by Crippen LogP contribution is -2.56. The summed E-state index contributed by atoms with van der Waals surface area (Å²) in [4.78, 5) is 16.9. The molecule has 0 saturated heterocycles. The van der Waals surface area contributed by atoms with E-state index in [9.17, 15) is 4.79 Å². The lowest BCUT2D eigenvalue weighted by atomic mass is 9.72. The largest absolute Gasteiger partial charge is 0.467 e. The molecule has 0 aliphatic carbocycles. The number of esters is 1. The second-order valence-corrected chi connectivity index (χ2v) is 5.86. The zero-order valence-electron chi connectivity index (χ0n) is 11.8. The number of nitrogens with one attached hydrogen (secondary N) is 1. The number of ether oxygens (including phenoxy) is 1. The molecule has 1 aromatic carbocycles. The molecule has 19 heavy (non-hydrogen) atoms. The van der Waals surface area contributed by atoms with Gasteiger partial charge in [-0.3, -0.25) is 4.99 Å². The highest BCUT2D eigenvalue weighted by Crippen LogP contribution is 2.40. The van der Waals surface area contributed by atoms with Crippen molar-refractivity contribution in [1.29, 1.82) is 0 Å². The van der Waals surface area contributed by atoms with Crippen LogP contribution in [0.5, 0.6) is 0 Å². The third-order valence-electron chi connectivity index (χ3n) is 3.48. The topological polar surface area (TPSA) is 50.7 Å². The molecule has 0 fully saturated rings. The van der Waals surface area contributed by atoms with Crippen LogP contribution in [-0.4, -0.2) is 25.5 Å². The van der Waals surface area contributed by atoms with Gasteiger partial charge in [0.15, 0.2) is 5.54 Å². The van der Waals surface area contributed by atoms with Crippen molar-refractivity contribution in [3.05, 3.63) is 35.9 Å². The summed E-state index contributed by atoms with van der Waals surface area (Å²) in [6.45, 7) is 6.22. The number of rotatable bonds is 2. The number of aliphatic imine (C=N–C) groups is 1. The van der Waals surface area contributed by atoms with Crippen LogP contribution in [0.15, 0.2) is 35.3 Å². The molecule has 2 atom stereocenters. The van der Waals surface area contributed by atoms with Gasteiger partial charge in [-0.25, -0.2) is 4.79 Å². The Kier molecular flexibility index (Phi) is 3.35. The summed E-state index contributed by atoms with van der Waals surface area (Å²) in [5.41, 5.74) is -0.225. The fourth-order valence-corrected chi connectivity index (χ4v) is 2.67. The SMILES string of the molecule is COC(=O)[C@@]1(c2ccccc2)NC=N[C@@H]1C(C)(C)C. The average Bonchev–Trinajstić information content (AvgIpc) is 2.84. The Hall–Kier alpha value is -1.84. The molecule has 0 saturated carbocycles. The molecule has 0 bridgehead atoms. The quantitative estimate of drug-likeness (QED) is 0.828. The summed E-state index contributed by atoms with van der Waals surface area (Å²) in [7, 11) is 1.41. The van der Waals surface area contributed by atoms with Crippen LogP contribution in [0.1, 0.15) is 26.3 Å². The fraction of sp³-hybridized carbons (Fsp3) is 0.467. The summed E-state index contributed by atoms with van der Waals surface area (Å²) >= 11 is 0. The Morgan fingerprint density at radius 1 is 1.32 bits per heavy atom. The first-order valence-electron chi connectivity index (χ1n) is 6.36. The van der Waals surface area contributed by atoms with E-state index in [1.54, 1.807) is 6.34 Å². The van der Waals surface area contributed by atoms with Gasteiger partial charge >= 0.3 is 5.97 Å². The van der Waals surface area contributed by atoms with Crippen molar-refractivity contribution in [3.8, 4) is 0 Å². The molecule has 1 N–H and O–H groups in total. The van der Waals surface area contributed by atoms with Crippen molar-refractivity contribution < 1.29 is 9.53 Å². The van der Waals surface area contributed by atoms with E-state index in [1.807, 2.05) is 30.3 Å². The summed E-state index contributed by atoms with van der Waals surface area (Å²) in [5, 5.41) is 3.13. The van der Waals surface area contributed by atoms with Crippen LogP contribution in [0.2, 0.25) is 0 Å². The Bertz CT molecular complexity index is 491. The Morgan fingerprint density at radius 2 is 1.95 bits per heavy atom. The zero-order chi connectivity index (χ0) is 14.1. The van der Waals surface area contributed by atoms with Gasteiger partial charge in [0.25, 0.3) is 0 Å². The molecule has 0 spiro atoms. The van der Waals surface area contributed by atoms with Crippen LogP contribution in [-0.2, 0) is 15.1 Å². The normalized spacial score (nSPS) is 26.0. The third-order valence-corrected chi connectivity index (χ3v) is 3.48. The maximum atomic E-state index is 12.4. The number of benzene rings is 1. The van der Waals surface area contributed by atoms with E-state index in [-0.39, 0.29) is 17.4 Å². The average molecular weight is 260 g/mol. The van der Waals surface area contributed by atoms with Crippen molar-refractivity contribution in [3.63, 3.8) is 0 Å². The highest BCUT2D eigenvalue weighted by molar-refractivity contribution is 5.88. The molecule has 0 amide bonds. The van der Waals surface area contributed by atoms with Crippen molar-refractivity contribution in [2.45, 2.75) is 32.4 Å². The highest BCUT2D eigenvalue weighted by atomic mass is 16.5. The second kappa shape index (κ2) is 4.68. The first kappa shape index (κ1) is 13.6. The lowest BCUT2D eigenvalue weighted by Gasteiger charge is -2.38. The highest BCUT2D eigenvalue weighted by Gasteiger charge is 2.54. The smallest absolute Gasteiger partial charge is 0.338 e. The molecular weight excluding hydrogens is 240 g/mol. The fourth-order valence-electron chi connectivity index (χ4n) is 2.67. The summed E-state index contributed by atoms with van der Waals surface area (Å²) < 4.78 is 5.04.